The molecule has 1 N–H and O–H groups in total. The smallest absolute Gasteiger partial charge is 0.333 e. The summed E-state index contributed by atoms with van der Waals surface area (Å²) in [4.78, 5) is 38.8. The van der Waals surface area contributed by atoms with E-state index in [1.165, 1.54) is 29.8 Å². The first-order valence-electron chi connectivity index (χ1n) is 9.45. The number of carbonyl (C=O) groups is 1. The highest BCUT2D eigenvalue weighted by atomic mass is 35.5. The Morgan fingerprint density at radius 3 is 2.62 bits per heavy atom. The van der Waals surface area contributed by atoms with E-state index in [0.29, 0.717) is 16.6 Å². The molecule has 164 valence electrons. The molecule has 0 amide bonds. The number of aromatic nitrogens is 3. The Morgan fingerprint density at radius 1 is 1.12 bits per heavy atom. The number of nitrogens with zero attached hydrogens (tertiary/aromatic N) is 2. The highest BCUT2D eigenvalue weighted by Gasteiger charge is 2.13. The van der Waals surface area contributed by atoms with E-state index in [2.05, 4.69) is 4.98 Å². The van der Waals surface area contributed by atoms with Crippen LogP contribution in [0.2, 0.25) is 5.02 Å². The lowest BCUT2D eigenvalue weighted by atomic mass is 10.2. The van der Waals surface area contributed by atoms with Gasteiger partial charge >= 0.3 is 5.69 Å². The maximum Gasteiger partial charge on any atom is 0.333 e. The number of carbonyl (C=O) groups excluding carboxylic acids is 1. The molecular formula is C22H16ClF2N3O4. The second-order valence-corrected chi connectivity index (χ2v) is 7.47. The second kappa shape index (κ2) is 8.43. The Kier molecular flexibility index (Phi) is 5.67. The Balaban J connectivity index is 1.56. The van der Waals surface area contributed by atoms with Crippen molar-refractivity contribution in [1.82, 2.24) is 14.1 Å². The first kappa shape index (κ1) is 21.5. The molecule has 0 aliphatic carbocycles. The fourth-order valence-corrected chi connectivity index (χ4v) is 3.55. The van der Waals surface area contributed by atoms with Gasteiger partial charge in [-0.2, -0.15) is 0 Å². The molecule has 32 heavy (non-hydrogen) atoms. The van der Waals surface area contributed by atoms with Crippen LogP contribution in [0.4, 0.5) is 8.78 Å². The lowest BCUT2D eigenvalue weighted by molar-refractivity contribution is 0.0937. The number of pyridine rings is 1. The summed E-state index contributed by atoms with van der Waals surface area (Å²) in [5.74, 6) is -1.81. The molecule has 4 aromatic rings. The van der Waals surface area contributed by atoms with Gasteiger partial charge in [0.1, 0.15) is 29.0 Å². The minimum Gasteiger partial charge on any atom is -0.487 e. The predicted octanol–water partition coefficient (Wildman–Crippen LogP) is 3.71. The SMILES string of the molecule is CC(=O)n1c(=O)[nH]c2cc(Cn3ccc(OCc4ccc(F)cc4F)c(Cl)c3=O)ccc21. The maximum absolute atomic E-state index is 13.8. The standard InChI is InChI=1S/C22H16ClF2N3O4/c1-12(29)28-18-5-2-13(8-17(18)26-22(28)31)10-27-7-6-19(20(23)21(27)30)32-11-14-3-4-15(24)9-16(14)25/h2-9H,10-11H2,1H3,(H,26,31). The van der Waals surface area contributed by atoms with E-state index in [0.717, 1.165) is 16.7 Å². The molecule has 0 saturated carbocycles. The van der Waals surface area contributed by atoms with Crippen molar-refractivity contribution < 1.29 is 18.3 Å². The van der Waals surface area contributed by atoms with Gasteiger partial charge in [0.15, 0.2) is 0 Å². The van der Waals surface area contributed by atoms with Crippen molar-refractivity contribution in [1.29, 1.82) is 0 Å². The highest BCUT2D eigenvalue weighted by molar-refractivity contribution is 6.31. The molecule has 0 spiro atoms. The van der Waals surface area contributed by atoms with Gasteiger partial charge in [0.25, 0.3) is 5.56 Å². The monoisotopic (exact) mass is 459 g/mol. The molecule has 0 unspecified atom stereocenters. The predicted molar refractivity (Wildman–Crippen MR) is 114 cm³/mol. The average molecular weight is 460 g/mol. The van der Waals surface area contributed by atoms with Crippen LogP contribution in [-0.2, 0) is 13.2 Å². The van der Waals surface area contributed by atoms with E-state index in [9.17, 15) is 23.2 Å². The topological polar surface area (TPSA) is 86.1 Å². The molecule has 0 atom stereocenters. The van der Waals surface area contributed by atoms with Gasteiger partial charge < -0.3 is 14.3 Å². The molecule has 7 nitrogen and oxygen atoms in total. The number of nitrogens with one attached hydrogen (secondary N) is 1. The van der Waals surface area contributed by atoms with Crippen LogP contribution < -0.4 is 16.0 Å². The minimum atomic E-state index is -0.762. The van der Waals surface area contributed by atoms with Crippen molar-refractivity contribution in [2.75, 3.05) is 0 Å². The molecule has 0 bridgehead atoms. The van der Waals surface area contributed by atoms with E-state index in [4.69, 9.17) is 16.3 Å². The molecule has 0 fully saturated rings. The van der Waals surface area contributed by atoms with Gasteiger partial charge in [0.2, 0.25) is 5.91 Å². The largest absolute Gasteiger partial charge is 0.487 e. The third kappa shape index (κ3) is 4.06. The van der Waals surface area contributed by atoms with Gasteiger partial charge in [-0.25, -0.2) is 18.1 Å². The first-order valence-corrected chi connectivity index (χ1v) is 9.82. The number of imidazole rings is 1. The van der Waals surface area contributed by atoms with Gasteiger partial charge in [0, 0.05) is 24.8 Å². The third-order valence-electron chi connectivity index (χ3n) is 4.88. The summed E-state index contributed by atoms with van der Waals surface area (Å²) in [5, 5.41) is -0.188. The molecule has 0 aliphatic rings. The number of ether oxygens (including phenoxy) is 1. The molecule has 0 saturated heterocycles. The third-order valence-corrected chi connectivity index (χ3v) is 5.23. The number of hydrogen-bond donors (Lipinski definition) is 1. The molecule has 2 heterocycles. The Morgan fingerprint density at radius 2 is 1.91 bits per heavy atom. The van der Waals surface area contributed by atoms with Crippen LogP contribution in [0.25, 0.3) is 11.0 Å². The summed E-state index contributed by atoms with van der Waals surface area (Å²) in [6.45, 7) is 1.21. The molecule has 10 heteroatoms. The normalized spacial score (nSPS) is 11.1. The van der Waals surface area contributed by atoms with Crippen LogP contribution in [0.3, 0.4) is 0 Å². The lowest BCUT2D eigenvalue weighted by Crippen LogP contribution is -2.21. The van der Waals surface area contributed by atoms with Gasteiger partial charge in [-0.1, -0.05) is 17.7 Å². The van der Waals surface area contributed by atoms with E-state index in [-0.39, 0.29) is 29.5 Å². The van der Waals surface area contributed by atoms with E-state index in [1.54, 1.807) is 18.2 Å². The van der Waals surface area contributed by atoms with E-state index < -0.39 is 28.8 Å². The van der Waals surface area contributed by atoms with Gasteiger partial charge in [0.05, 0.1) is 17.6 Å². The van der Waals surface area contributed by atoms with Crippen molar-refractivity contribution in [2.24, 2.45) is 0 Å². The van der Waals surface area contributed by atoms with Crippen LogP contribution in [0.5, 0.6) is 5.75 Å². The first-order chi connectivity index (χ1) is 15.2. The van der Waals surface area contributed by atoms with Gasteiger partial charge in [-0.3, -0.25) is 9.59 Å². The van der Waals surface area contributed by atoms with Crippen molar-refractivity contribution in [2.45, 2.75) is 20.1 Å². The summed E-state index contributed by atoms with van der Waals surface area (Å²) in [6, 6.07) is 9.54. The fourth-order valence-electron chi connectivity index (χ4n) is 3.33. The molecule has 0 radical (unpaired) electrons. The zero-order chi connectivity index (χ0) is 23.0. The van der Waals surface area contributed by atoms with Crippen molar-refractivity contribution in [3.8, 4) is 5.75 Å². The number of rotatable bonds is 5. The summed E-state index contributed by atoms with van der Waals surface area (Å²) >= 11 is 6.15. The fraction of sp³-hybridized carbons (Fsp3) is 0.136. The van der Waals surface area contributed by atoms with Crippen LogP contribution in [0.15, 0.2) is 58.3 Å². The quantitative estimate of drug-likeness (QED) is 0.493. The molecular weight excluding hydrogens is 444 g/mol. The maximum atomic E-state index is 13.8. The van der Waals surface area contributed by atoms with Crippen molar-refractivity contribution in [3.63, 3.8) is 0 Å². The Labute approximate surface area is 184 Å². The molecule has 2 aromatic carbocycles. The van der Waals surface area contributed by atoms with Crippen molar-refractivity contribution >= 4 is 28.5 Å². The van der Waals surface area contributed by atoms with Crippen LogP contribution in [0, 0.1) is 11.6 Å². The van der Waals surface area contributed by atoms with E-state index >= 15 is 0 Å². The number of halogens is 3. The zero-order valence-electron chi connectivity index (χ0n) is 16.7. The van der Waals surface area contributed by atoms with Crippen LogP contribution in [0.1, 0.15) is 22.8 Å². The highest BCUT2D eigenvalue weighted by Crippen LogP contribution is 2.22. The summed E-state index contributed by atoms with van der Waals surface area (Å²) in [7, 11) is 0. The minimum absolute atomic E-state index is 0.0648. The number of fused-ring (bicyclic) bond motifs is 1. The Hall–Kier alpha value is -3.72. The molecule has 0 aliphatic heterocycles. The number of H-pyrrole nitrogens is 1. The molecule has 2 aromatic heterocycles. The second-order valence-electron chi connectivity index (χ2n) is 7.09. The summed E-state index contributed by atoms with van der Waals surface area (Å²) in [6.07, 6.45) is 1.47. The summed E-state index contributed by atoms with van der Waals surface area (Å²) < 4.78 is 34.6. The Bertz CT molecular complexity index is 1470. The number of aromatic amines is 1. The summed E-state index contributed by atoms with van der Waals surface area (Å²) in [5.41, 5.74) is 0.639. The van der Waals surface area contributed by atoms with E-state index in [1.807, 2.05) is 0 Å². The molecule has 4 rings (SSSR count). The van der Waals surface area contributed by atoms with Crippen LogP contribution in [-0.4, -0.2) is 20.0 Å². The van der Waals surface area contributed by atoms with Gasteiger partial charge in [-0.05, 0) is 35.9 Å². The van der Waals surface area contributed by atoms with Crippen molar-refractivity contribution in [3.05, 3.63) is 97.3 Å². The number of benzene rings is 2. The zero-order valence-corrected chi connectivity index (χ0v) is 17.5. The van der Waals surface area contributed by atoms with Crippen LogP contribution >= 0.6 is 11.6 Å². The lowest BCUT2D eigenvalue weighted by Gasteiger charge is -2.12. The van der Waals surface area contributed by atoms with Gasteiger partial charge in [-0.15, -0.1) is 0 Å². The average Bonchev–Trinajstić information content (AvgIpc) is 3.07. The number of hydrogen-bond acceptors (Lipinski definition) is 4.